The Balaban J connectivity index is 3.82. The molecule has 0 saturated heterocycles. The lowest BCUT2D eigenvalue weighted by Crippen LogP contribution is -2.29. The molecule has 4 nitrogen and oxygen atoms in total. The third-order valence-corrected chi connectivity index (χ3v) is 1.24. The highest BCUT2D eigenvalue weighted by molar-refractivity contribution is 5.97. The van der Waals surface area contributed by atoms with Crippen molar-refractivity contribution in [3.63, 3.8) is 0 Å². The maximum Gasteiger partial charge on any atom is 0.260 e. The molecule has 0 aromatic rings. The van der Waals surface area contributed by atoms with E-state index in [9.17, 15) is 4.79 Å². The van der Waals surface area contributed by atoms with Gasteiger partial charge in [-0.15, -0.1) is 0 Å². The average molecular weight is 181 g/mol. The van der Waals surface area contributed by atoms with Gasteiger partial charge >= 0.3 is 0 Å². The number of nitrogens with two attached hydrogens (primary N) is 1. The second-order valence-corrected chi connectivity index (χ2v) is 2.27. The molecule has 0 rings (SSSR count). The van der Waals surface area contributed by atoms with Gasteiger partial charge in [0.2, 0.25) is 0 Å². The first-order valence-electron chi connectivity index (χ1n) is 4.09. The number of hydrogen-bond donors (Lipinski definition) is 3. The number of hydrogen-bond acceptors (Lipinski definition) is 3. The summed E-state index contributed by atoms with van der Waals surface area (Å²) < 4.78 is 0. The predicted molar refractivity (Wildman–Crippen MR) is 52.7 cm³/mol. The number of carbonyl (C=O) groups is 1. The van der Waals surface area contributed by atoms with Gasteiger partial charge in [0.05, 0.1) is 18.8 Å². The number of nitrogens with one attached hydrogen (secondary N) is 2. The maximum absolute atomic E-state index is 11.0. The summed E-state index contributed by atoms with van der Waals surface area (Å²) >= 11 is 0. The molecular formula is C9H15N3O. The van der Waals surface area contributed by atoms with E-state index in [0.717, 1.165) is 6.54 Å². The van der Waals surface area contributed by atoms with Crippen molar-refractivity contribution >= 4 is 5.91 Å². The Labute approximate surface area is 78.6 Å². The molecule has 0 aromatic carbocycles. The molecule has 0 saturated carbocycles. The van der Waals surface area contributed by atoms with Crippen LogP contribution in [0, 0.1) is 11.8 Å². The van der Waals surface area contributed by atoms with E-state index in [-0.39, 0.29) is 18.1 Å². The molecule has 0 unspecified atom stereocenters. The SMILES string of the molecule is C=C(C#CCNCC)C(=O)NCN. The maximum atomic E-state index is 11.0. The van der Waals surface area contributed by atoms with Gasteiger partial charge in [-0.25, -0.2) is 0 Å². The number of carbonyl (C=O) groups excluding carboxylic acids is 1. The molecule has 0 atom stereocenters. The third kappa shape index (κ3) is 5.91. The van der Waals surface area contributed by atoms with Crippen LogP contribution in [0.4, 0.5) is 0 Å². The quantitative estimate of drug-likeness (QED) is 0.230. The average Bonchev–Trinajstić information content (AvgIpc) is 2.12. The van der Waals surface area contributed by atoms with Gasteiger partial charge in [-0.05, 0) is 6.54 Å². The fourth-order valence-electron chi connectivity index (χ4n) is 0.595. The van der Waals surface area contributed by atoms with E-state index in [1.807, 2.05) is 6.92 Å². The summed E-state index contributed by atoms with van der Waals surface area (Å²) in [7, 11) is 0. The zero-order chi connectivity index (χ0) is 10.1. The third-order valence-electron chi connectivity index (χ3n) is 1.24. The zero-order valence-electron chi connectivity index (χ0n) is 7.81. The molecule has 0 aliphatic heterocycles. The summed E-state index contributed by atoms with van der Waals surface area (Å²) in [5.41, 5.74) is 5.35. The second kappa shape index (κ2) is 7.35. The predicted octanol–water partition coefficient (Wildman–Crippen LogP) is -0.812. The van der Waals surface area contributed by atoms with Gasteiger partial charge in [0, 0.05) is 0 Å². The van der Waals surface area contributed by atoms with Gasteiger partial charge in [-0.2, -0.15) is 0 Å². The van der Waals surface area contributed by atoms with Crippen molar-refractivity contribution in [3.05, 3.63) is 12.2 Å². The summed E-state index contributed by atoms with van der Waals surface area (Å²) in [4.78, 5) is 11.0. The molecular weight excluding hydrogens is 166 g/mol. The van der Waals surface area contributed by atoms with Crippen LogP contribution in [0.5, 0.6) is 0 Å². The summed E-state index contributed by atoms with van der Waals surface area (Å²) in [6.45, 7) is 7.01. The Kier molecular flexibility index (Phi) is 6.60. The van der Waals surface area contributed by atoms with Crippen molar-refractivity contribution in [1.82, 2.24) is 10.6 Å². The molecule has 72 valence electrons. The Morgan fingerprint density at radius 3 is 2.85 bits per heavy atom. The van der Waals surface area contributed by atoms with Crippen LogP contribution in [0.15, 0.2) is 12.2 Å². The van der Waals surface area contributed by atoms with E-state index < -0.39 is 0 Å². The minimum absolute atomic E-state index is 0.104. The highest BCUT2D eigenvalue weighted by Crippen LogP contribution is 1.84. The van der Waals surface area contributed by atoms with E-state index in [1.165, 1.54) is 0 Å². The fraction of sp³-hybridized carbons (Fsp3) is 0.444. The topological polar surface area (TPSA) is 67.2 Å². The van der Waals surface area contributed by atoms with Crippen LogP contribution in [-0.2, 0) is 4.79 Å². The highest BCUT2D eigenvalue weighted by atomic mass is 16.1. The molecule has 0 aromatic heterocycles. The normalized spacial score (nSPS) is 8.46. The lowest BCUT2D eigenvalue weighted by atomic mass is 10.3. The molecule has 0 bridgehead atoms. The van der Waals surface area contributed by atoms with Gasteiger partial charge in [-0.3, -0.25) is 4.79 Å². The van der Waals surface area contributed by atoms with E-state index in [1.54, 1.807) is 0 Å². The van der Waals surface area contributed by atoms with E-state index in [4.69, 9.17) is 5.73 Å². The van der Waals surface area contributed by atoms with Crippen LogP contribution in [0.25, 0.3) is 0 Å². The molecule has 0 radical (unpaired) electrons. The monoisotopic (exact) mass is 181 g/mol. The molecule has 4 N–H and O–H groups in total. The van der Waals surface area contributed by atoms with Crippen LogP contribution < -0.4 is 16.4 Å². The summed E-state index contributed by atoms with van der Waals surface area (Å²) in [6, 6.07) is 0. The minimum atomic E-state index is -0.313. The van der Waals surface area contributed by atoms with Gasteiger partial charge in [0.1, 0.15) is 0 Å². The van der Waals surface area contributed by atoms with E-state index >= 15 is 0 Å². The Bertz CT molecular complexity index is 237. The molecule has 1 amide bonds. The molecule has 0 fully saturated rings. The van der Waals surface area contributed by atoms with Crippen molar-refractivity contribution in [2.24, 2.45) is 5.73 Å². The Morgan fingerprint density at radius 1 is 1.62 bits per heavy atom. The first-order valence-corrected chi connectivity index (χ1v) is 4.09. The molecule has 0 aliphatic rings. The lowest BCUT2D eigenvalue weighted by molar-refractivity contribution is -0.117. The van der Waals surface area contributed by atoms with Crippen LogP contribution in [-0.4, -0.2) is 25.7 Å². The van der Waals surface area contributed by atoms with Crippen molar-refractivity contribution in [2.75, 3.05) is 19.8 Å². The Morgan fingerprint density at radius 2 is 2.31 bits per heavy atom. The van der Waals surface area contributed by atoms with Gasteiger partial charge in [0.25, 0.3) is 5.91 Å². The van der Waals surface area contributed by atoms with Gasteiger partial charge in [0.15, 0.2) is 0 Å². The van der Waals surface area contributed by atoms with Crippen molar-refractivity contribution < 1.29 is 4.79 Å². The smallest absolute Gasteiger partial charge is 0.260 e. The van der Waals surface area contributed by atoms with Crippen molar-refractivity contribution in [2.45, 2.75) is 6.92 Å². The van der Waals surface area contributed by atoms with Gasteiger partial charge in [-0.1, -0.05) is 25.3 Å². The highest BCUT2D eigenvalue weighted by Gasteiger charge is 1.99. The minimum Gasteiger partial charge on any atom is -0.339 e. The summed E-state index contributed by atoms with van der Waals surface area (Å²) in [6.07, 6.45) is 0. The van der Waals surface area contributed by atoms with E-state index in [0.29, 0.717) is 6.54 Å². The number of rotatable bonds is 4. The van der Waals surface area contributed by atoms with Crippen LogP contribution in [0.3, 0.4) is 0 Å². The molecule has 13 heavy (non-hydrogen) atoms. The molecule has 0 heterocycles. The van der Waals surface area contributed by atoms with Crippen molar-refractivity contribution in [3.8, 4) is 11.8 Å². The summed E-state index contributed by atoms with van der Waals surface area (Å²) in [5.74, 6) is 5.08. The fourth-order valence-corrected chi connectivity index (χ4v) is 0.595. The van der Waals surface area contributed by atoms with Crippen LogP contribution in [0.2, 0.25) is 0 Å². The lowest BCUT2D eigenvalue weighted by Gasteiger charge is -1.97. The first-order chi connectivity index (χ1) is 6.22. The zero-order valence-corrected chi connectivity index (χ0v) is 7.81. The van der Waals surface area contributed by atoms with E-state index in [2.05, 4.69) is 29.1 Å². The molecule has 4 heteroatoms. The standard InChI is InChI=1S/C9H15N3O/c1-3-11-6-4-5-8(2)9(13)12-7-10/h11H,2-3,6-7,10H2,1H3,(H,12,13). The Hall–Kier alpha value is -1.31. The summed E-state index contributed by atoms with van der Waals surface area (Å²) in [5, 5.41) is 5.41. The van der Waals surface area contributed by atoms with Crippen LogP contribution >= 0.6 is 0 Å². The largest absolute Gasteiger partial charge is 0.339 e. The van der Waals surface area contributed by atoms with Crippen molar-refractivity contribution in [1.29, 1.82) is 0 Å². The number of amides is 1. The van der Waals surface area contributed by atoms with Gasteiger partial charge < -0.3 is 16.4 Å². The van der Waals surface area contributed by atoms with Crippen LogP contribution in [0.1, 0.15) is 6.92 Å². The first kappa shape index (κ1) is 11.7. The second-order valence-electron chi connectivity index (χ2n) is 2.27. The molecule has 0 spiro atoms. The molecule has 0 aliphatic carbocycles.